The van der Waals surface area contributed by atoms with Gasteiger partial charge in [0.1, 0.15) is 6.10 Å². The molecule has 0 bridgehead atoms. The van der Waals surface area contributed by atoms with Gasteiger partial charge < -0.3 is 4.74 Å². The van der Waals surface area contributed by atoms with E-state index < -0.39 is 0 Å². The van der Waals surface area contributed by atoms with Crippen molar-refractivity contribution >= 4 is 5.97 Å². The number of ether oxygens (including phenoxy) is 1. The van der Waals surface area contributed by atoms with Crippen LogP contribution in [0.3, 0.4) is 0 Å². The van der Waals surface area contributed by atoms with Crippen LogP contribution in [0.4, 0.5) is 0 Å². The van der Waals surface area contributed by atoms with Crippen LogP contribution in [0.5, 0.6) is 0 Å². The number of hydrogen-bond acceptors (Lipinski definition) is 2. The van der Waals surface area contributed by atoms with Crippen LogP contribution in [-0.2, 0) is 9.53 Å². The number of hydrogen-bond donors (Lipinski definition) is 0. The van der Waals surface area contributed by atoms with E-state index in [1.54, 1.807) is 5.57 Å². The average Bonchev–Trinajstić information content (AvgIpc) is 3.38. The van der Waals surface area contributed by atoms with Crippen molar-refractivity contribution in [2.24, 2.45) is 46.3 Å². The molecule has 46 heavy (non-hydrogen) atoms. The lowest BCUT2D eigenvalue weighted by Gasteiger charge is -2.58. The number of fused-ring (bicyclic) bond motifs is 5. The van der Waals surface area contributed by atoms with E-state index in [0.29, 0.717) is 17.3 Å². The molecule has 0 spiro atoms. The van der Waals surface area contributed by atoms with Gasteiger partial charge in [0.2, 0.25) is 0 Å². The fraction of sp³-hybridized carbons (Fsp3) is 0.932. The van der Waals surface area contributed by atoms with Crippen LogP contribution in [-0.4, -0.2) is 12.1 Å². The van der Waals surface area contributed by atoms with Crippen LogP contribution < -0.4 is 0 Å². The van der Waals surface area contributed by atoms with Crippen LogP contribution >= 0.6 is 0 Å². The molecular weight excluding hydrogens is 560 g/mol. The lowest BCUT2D eigenvalue weighted by molar-refractivity contribution is -0.151. The summed E-state index contributed by atoms with van der Waals surface area (Å²) in [7, 11) is 0. The summed E-state index contributed by atoms with van der Waals surface area (Å²) in [6.07, 6.45) is 36.9. The Bertz CT molecular complexity index is 919. The minimum atomic E-state index is 0.0646. The number of carbonyl (C=O) groups excluding carboxylic acids is 1. The van der Waals surface area contributed by atoms with Crippen molar-refractivity contribution in [2.75, 3.05) is 0 Å². The summed E-state index contributed by atoms with van der Waals surface area (Å²) in [5.74, 6) is 5.34. The Morgan fingerprint density at radius 1 is 0.761 bits per heavy atom. The van der Waals surface area contributed by atoms with Crippen LogP contribution in [0.25, 0.3) is 0 Å². The normalized spacial score (nSPS) is 32.8. The zero-order valence-corrected chi connectivity index (χ0v) is 31.8. The lowest BCUT2D eigenvalue weighted by atomic mass is 9.47. The molecular formula is C44H78O2. The summed E-state index contributed by atoms with van der Waals surface area (Å²) < 4.78 is 6.13. The van der Waals surface area contributed by atoms with Crippen molar-refractivity contribution in [1.82, 2.24) is 0 Å². The second-order valence-corrected chi connectivity index (χ2v) is 18.0. The fourth-order valence-electron chi connectivity index (χ4n) is 11.5. The maximum atomic E-state index is 12.8. The Balaban J connectivity index is 1.12. The minimum absolute atomic E-state index is 0.0646. The summed E-state index contributed by atoms with van der Waals surface area (Å²) in [5, 5.41) is 0. The Hall–Kier alpha value is -0.790. The van der Waals surface area contributed by atoms with E-state index in [9.17, 15) is 4.79 Å². The zero-order valence-electron chi connectivity index (χ0n) is 31.8. The van der Waals surface area contributed by atoms with Crippen LogP contribution in [0.2, 0.25) is 0 Å². The van der Waals surface area contributed by atoms with Crippen molar-refractivity contribution in [2.45, 2.75) is 215 Å². The molecule has 2 heteroatoms. The monoisotopic (exact) mass is 639 g/mol. The van der Waals surface area contributed by atoms with E-state index in [4.69, 9.17) is 4.74 Å². The summed E-state index contributed by atoms with van der Waals surface area (Å²) >= 11 is 0. The molecule has 3 saturated carbocycles. The molecule has 4 aliphatic rings. The zero-order chi connectivity index (χ0) is 33.0. The topological polar surface area (TPSA) is 26.3 Å². The highest BCUT2D eigenvalue weighted by Crippen LogP contribution is 2.67. The van der Waals surface area contributed by atoms with Gasteiger partial charge in [0.15, 0.2) is 0 Å². The average molecular weight is 639 g/mol. The first-order valence-electron chi connectivity index (χ1n) is 21.1. The molecule has 0 N–H and O–H groups in total. The molecule has 3 fully saturated rings. The van der Waals surface area contributed by atoms with Gasteiger partial charge in [-0.1, -0.05) is 156 Å². The number of rotatable bonds is 21. The molecule has 0 unspecified atom stereocenters. The van der Waals surface area contributed by atoms with Crippen LogP contribution in [0, 0.1) is 46.3 Å². The number of unbranched alkanes of at least 4 members (excludes halogenated alkanes) is 13. The summed E-state index contributed by atoms with van der Waals surface area (Å²) in [5.41, 5.74) is 2.54. The van der Waals surface area contributed by atoms with E-state index in [2.05, 4.69) is 47.6 Å². The highest BCUT2D eigenvalue weighted by Gasteiger charge is 2.59. The first kappa shape index (κ1) is 38.0. The Morgan fingerprint density at radius 2 is 1.39 bits per heavy atom. The SMILES string of the molecule is CCCCCCCCCCCCCCCCC(=O)O[C@@H]1CC[C@@]2(C)C(=CC[C@H]3[C@@H]4CC[C@H]([C@H](C)CCCC(C)C)[C@@]4(C)CC[C@@H]32)C1. The molecule has 0 saturated heterocycles. The van der Waals surface area contributed by atoms with E-state index in [0.717, 1.165) is 54.8 Å². The van der Waals surface area contributed by atoms with Gasteiger partial charge in [-0.15, -0.1) is 0 Å². The Kier molecular flexibility index (Phi) is 15.6. The first-order chi connectivity index (χ1) is 22.2. The molecule has 266 valence electrons. The molecule has 8 atom stereocenters. The highest BCUT2D eigenvalue weighted by atomic mass is 16.5. The Morgan fingerprint density at radius 3 is 2.02 bits per heavy atom. The molecule has 0 amide bonds. The van der Waals surface area contributed by atoms with Gasteiger partial charge in [-0.2, -0.15) is 0 Å². The molecule has 0 aromatic rings. The third kappa shape index (κ3) is 10.1. The van der Waals surface area contributed by atoms with Crippen molar-refractivity contribution in [3.8, 4) is 0 Å². The van der Waals surface area contributed by atoms with Crippen LogP contribution in [0.15, 0.2) is 11.6 Å². The summed E-state index contributed by atoms with van der Waals surface area (Å²) in [6, 6.07) is 0. The van der Waals surface area contributed by atoms with E-state index in [1.165, 1.54) is 141 Å². The fourth-order valence-corrected chi connectivity index (χ4v) is 11.5. The predicted molar refractivity (Wildman–Crippen MR) is 198 cm³/mol. The minimum Gasteiger partial charge on any atom is -0.462 e. The number of carbonyl (C=O) groups is 1. The lowest BCUT2D eigenvalue weighted by Crippen LogP contribution is -2.51. The predicted octanol–water partition coefficient (Wildman–Crippen LogP) is 13.8. The molecule has 4 aliphatic carbocycles. The van der Waals surface area contributed by atoms with Gasteiger partial charge in [-0.25, -0.2) is 0 Å². The van der Waals surface area contributed by atoms with Crippen molar-refractivity contribution < 1.29 is 9.53 Å². The van der Waals surface area contributed by atoms with Gasteiger partial charge in [0.25, 0.3) is 0 Å². The van der Waals surface area contributed by atoms with Gasteiger partial charge in [0.05, 0.1) is 0 Å². The Labute approximate surface area is 287 Å². The number of esters is 1. The van der Waals surface area contributed by atoms with Gasteiger partial charge in [0, 0.05) is 12.8 Å². The second-order valence-electron chi connectivity index (χ2n) is 18.0. The quantitative estimate of drug-likeness (QED) is 0.0710. The molecule has 0 aromatic heterocycles. The molecule has 0 aliphatic heterocycles. The smallest absolute Gasteiger partial charge is 0.306 e. The molecule has 2 nitrogen and oxygen atoms in total. The molecule has 0 radical (unpaired) electrons. The largest absolute Gasteiger partial charge is 0.462 e. The third-order valence-electron chi connectivity index (χ3n) is 14.3. The molecule has 0 heterocycles. The van der Waals surface area contributed by atoms with Crippen molar-refractivity contribution in [3.63, 3.8) is 0 Å². The van der Waals surface area contributed by atoms with Gasteiger partial charge in [-0.3, -0.25) is 4.79 Å². The third-order valence-corrected chi connectivity index (χ3v) is 14.3. The maximum absolute atomic E-state index is 12.8. The van der Waals surface area contributed by atoms with Gasteiger partial charge in [-0.05, 0) is 97.7 Å². The number of allylic oxidation sites excluding steroid dienone is 1. The maximum Gasteiger partial charge on any atom is 0.306 e. The van der Waals surface area contributed by atoms with E-state index in [-0.39, 0.29) is 12.1 Å². The van der Waals surface area contributed by atoms with Crippen molar-refractivity contribution in [3.05, 3.63) is 11.6 Å². The van der Waals surface area contributed by atoms with Crippen molar-refractivity contribution in [1.29, 1.82) is 0 Å². The van der Waals surface area contributed by atoms with Crippen LogP contribution in [0.1, 0.15) is 208 Å². The summed E-state index contributed by atoms with van der Waals surface area (Å²) in [6.45, 7) is 15.0. The standard InChI is InChI=1S/C44H78O2/c1-7-8-9-10-11-12-13-14-15-16-17-18-19-20-24-42(45)46-37-29-31-43(5)36(33-37)25-26-38-40-28-27-39(35(4)23-21-22-34(2)3)44(40,6)32-30-41(38)43/h25,34-35,37-41H,7-24,26-33H2,1-6H3/t35-,37-,38+,39-,40+,41+,43+,44-/m1/s1. The summed E-state index contributed by atoms with van der Waals surface area (Å²) in [4.78, 5) is 12.8. The second kappa shape index (κ2) is 18.8. The first-order valence-corrected chi connectivity index (χ1v) is 21.1. The van der Waals surface area contributed by atoms with Gasteiger partial charge >= 0.3 is 5.97 Å². The molecule has 4 rings (SSSR count). The van der Waals surface area contributed by atoms with E-state index in [1.807, 2.05) is 0 Å². The van der Waals surface area contributed by atoms with E-state index >= 15 is 0 Å². The highest BCUT2D eigenvalue weighted by molar-refractivity contribution is 5.69. The molecule has 0 aromatic carbocycles.